The summed E-state index contributed by atoms with van der Waals surface area (Å²) >= 11 is 0. The van der Waals surface area contributed by atoms with Crippen molar-refractivity contribution in [3.05, 3.63) is 65.6 Å². The van der Waals surface area contributed by atoms with E-state index < -0.39 is 12.8 Å². The van der Waals surface area contributed by atoms with Gasteiger partial charge in [0.05, 0.1) is 6.61 Å². The molecule has 4 rings (SSSR count). The fraction of sp³-hybridized carbons (Fsp3) is 0.200. The third-order valence-corrected chi connectivity index (χ3v) is 4.11. The first-order chi connectivity index (χ1) is 15.4. The molecule has 0 saturated heterocycles. The summed E-state index contributed by atoms with van der Waals surface area (Å²) in [6.45, 7) is -1.56. The van der Waals surface area contributed by atoms with E-state index >= 15 is 0 Å². The van der Waals surface area contributed by atoms with Gasteiger partial charge in [-0.05, 0) is 17.2 Å². The highest BCUT2D eigenvalue weighted by Gasteiger charge is 2.27. The van der Waals surface area contributed by atoms with E-state index in [-0.39, 0.29) is 30.1 Å². The van der Waals surface area contributed by atoms with E-state index in [1.807, 2.05) is 30.3 Å². The van der Waals surface area contributed by atoms with Crippen molar-refractivity contribution in [2.45, 2.75) is 19.2 Å². The lowest BCUT2D eigenvalue weighted by Gasteiger charge is -2.07. The van der Waals surface area contributed by atoms with Crippen LogP contribution < -0.4 is 5.73 Å². The van der Waals surface area contributed by atoms with E-state index in [2.05, 4.69) is 34.8 Å². The third-order valence-electron chi connectivity index (χ3n) is 4.11. The lowest BCUT2D eigenvalue weighted by atomic mass is 10.1. The number of rotatable bonds is 7. The highest BCUT2D eigenvalue weighted by atomic mass is 19.4. The van der Waals surface area contributed by atoms with Gasteiger partial charge >= 0.3 is 6.18 Å². The molecular weight excluding hydrogens is 427 g/mol. The minimum Gasteiger partial charge on any atom is -0.368 e. The maximum Gasteiger partial charge on any atom is 0.411 e. The number of hydrogen-bond acceptors (Lipinski definition) is 9. The van der Waals surface area contributed by atoms with Crippen molar-refractivity contribution < 1.29 is 22.4 Å². The molecule has 0 atom stereocenters. The molecule has 2 N–H and O–H groups in total. The number of nitrogen functional groups attached to an aromatic ring is 1. The molecule has 0 saturated carbocycles. The van der Waals surface area contributed by atoms with Crippen LogP contribution in [0, 0.1) is 0 Å². The average molecular weight is 443 g/mol. The van der Waals surface area contributed by atoms with Crippen LogP contribution in [0.3, 0.4) is 0 Å². The molecule has 1 aromatic carbocycles. The number of nitrogens with two attached hydrogens (primary N) is 1. The smallest absolute Gasteiger partial charge is 0.368 e. The maximum atomic E-state index is 12.2. The van der Waals surface area contributed by atoms with Crippen molar-refractivity contribution in [2.75, 3.05) is 12.3 Å². The van der Waals surface area contributed by atoms with Crippen molar-refractivity contribution in [3.63, 3.8) is 0 Å². The number of pyridine rings is 1. The summed E-state index contributed by atoms with van der Waals surface area (Å²) in [4.78, 5) is 20.9. The van der Waals surface area contributed by atoms with Gasteiger partial charge in [0, 0.05) is 12.6 Å². The molecule has 0 aliphatic rings. The van der Waals surface area contributed by atoms with E-state index in [1.165, 1.54) is 12.3 Å². The number of anilines is 1. The highest BCUT2D eigenvalue weighted by molar-refractivity contribution is 5.52. The molecule has 0 aliphatic heterocycles. The Balaban J connectivity index is 1.48. The molecule has 3 aromatic heterocycles. The Labute approximate surface area is 179 Å². The Kier molecular flexibility index (Phi) is 6.03. The molecule has 0 unspecified atom stereocenters. The van der Waals surface area contributed by atoms with Crippen LogP contribution in [0.5, 0.6) is 0 Å². The molecule has 0 spiro atoms. The first-order valence-electron chi connectivity index (χ1n) is 9.34. The van der Waals surface area contributed by atoms with Gasteiger partial charge in [-0.15, -0.1) is 0 Å². The van der Waals surface area contributed by atoms with Gasteiger partial charge in [-0.3, -0.25) is 4.98 Å². The molecule has 164 valence electrons. The van der Waals surface area contributed by atoms with E-state index in [4.69, 9.17) is 10.3 Å². The number of benzene rings is 1. The Morgan fingerprint density at radius 1 is 0.906 bits per heavy atom. The minimum atomic E-state index is -4.38. The van der Waals surface area contributed by atoms with Crippen LogP contribution in [0.4, 0.5) is 19.1 Å². The number of ether oxygens (including phenoxy) is 1. The zero-order chi connectivity index (χ0) is 22.6. The summed E-state index contributed by atoms with van der Waals surface area (Å²) in [6.07, 6.45) is -2.56. The summed E-state index contributed by atoms with van der Waals surface area (Å²) in [6, 6.07) is 12.7. The number of aromatic nitrogens is 6. The summed E-state index contributed by atoms with van der Waals surface area (Å²) in [7, 11) is 0. The molecule has 9 nitrogen and oxygen atoms in total. The molecule has 4 aromatic rings. The molecule has 0 aliphatic carbocycles. The van der Waals surface area contributed by atoms with Gasteiger partial charge in [-0.25, -0.2) is 4.98 Å². The average Bonchev–Trinajstić information content (AvgIpc) is 3.24. The number of nitrogens with zero attached hydrogens (tertiary/aromatic N) is 6. The van der Waals surface area contributed by atoms with E-state index in [0.717, 1.165) is 5.56 Å². The van der Waals surface area contributed by atoms with Crippen LogP contribution in [-0.4, -0.2) is 42.9 Å². The molecule has 0 fully saturated rings. The van der Waals surface area contributed by atoms with Gasteiger partial charge in [0.1, 0.15) is 18.1 Å². The van der Waals surface area contributed by atoms with E-state index in [9.17, 15) is 13.2 Å². The fourth-order valence-electron chi connectivity index (χ4n) is 2.73. The van der Waals surface area contributed by atoms with Gasteiger partial charge in [0.2, 0.25) is 17.6 Å². The standard InChI is InChI=1S/C20H16F3N7O2/c21-20(22,23)11-31-10-13-6-7-14(25-9-13)18-28-17(30-32-18)16-26-15(27-19(24)29-16)8-12-4-2-1-3-5-12/h1-7,9H,8,10-11H2,(H2,24,26,27,29). The second-order valence-electron chi connectivity index (χ2n) is 6.68. The lowest BCUT2D eigenvalue weighted by Crippen LogP contribution is -2.16. The molecule has 0 amide bonds. The van der Waals surface area contributed by atoms with Crippen molar-refractivity contribution in [1.29, 1.82) is 0 Å². The molecule has 3 heterocycles. The summed E-state index contributed by atoms with van der Waals surface area (Å²) in [5.74, 6) is 0.810. The number of hydrogen-bond donors (Lipinski definition) is 1. The monoisotopic (exact) mass is 443 g/mol. The zero-order valence-electron chi connectivity index (χ0n) is 16.5. The molecule has 12 heteroatoms. The van der Waals surface area contributed by atoms with Crippen LogP contribution in [0.15, 0.2) is 53.2 Å². The van der Waals surface area contributed by atoms with E-state index in [1.54, 1.807) is 6.07 Å². The van der Waals surface area contributed by atoms with Gasteiger partial charge in [0.25, 0.3) is 5.89 Å². The SMILES string of the molecule is Nc1nc(Cc2ccccc2)nc(-c2noc(-c3ccc(COCC(F)(F)F)cn3)n2)n1. The summed E-state index contributed by atoms with van der Waals surface area (Å²) in [5, 5.41) is 3.87. The Morgan fingerprint density at radius 2 is 1.72 bits per heavy atom. The Morgan fingerprint density at radius 3 is 2.44 bits per heavy atom. The van der Waals surface area contributed by atoms with Gasteiger partial charge in [-0.1, -0.05) is 41.6 Å². The predicted molar refractivity (Wildman–Crippen MR) is 106 cm³/mol. The van der Waals surface area contributed by atoms with Crippen molar-refractivity contribution in [1.82, 2.24) is 30.1 Å². The van der Waals surface area contributed by atoms with Crippen molar-refractivity contribution in [2.24, 2.45) is 0 Å². The second-order valence-corrected chi connectivity index (χ2v) is 6.68. The lowest BCUT2D eigenvalue weighted by molar-refractivity contribution is -0.176. The fourth-order valence-corrected chi connectivity index (χ4v) is 2.73. The molecule has 32 heavy (non-hydrogen) atoms. The summed E-state index contributed by atoms with van der Waals surface area (Å²) in [5.41, 5.74) is 7.60. The van der Waals surface area contributed by atoms with Gasteiger partial charge < -0.3 is 15.0 Å². The first-order valence-corrected chi connectivity index (χ1v) is 9.34. The largest absolute Gasteiger partial charge is 0.411 e. The second kappa shape index (κ2) is 9.06. The van der Waals surface area contributed by atoms with Crippen LogP contribution >= 0.6 is 0 Å². The van der Waals surface area contributed by atoms with Crippen molar-refractivity contribution in [3.8, 4) is 23.2 Å². The van der Waals surface area contributed by atoms with Crippen LogP contribution in [-0.2, 0) is 17.8 Å². The van der Waals surface area contributed by atoms with Crippen molar-refractivity contribution >= 4 is 5.95 Å². The number of alkyl halides is 3. The van der Waals surface area contributed by atoms with E-state index in [0.29, 0.717) is 23.5 Å². The predicted octanol–water partition coefficient (Wildman–Crippen LogP) is 3.24. The topological polar surface area (TPSA) is 126 Å². The minimum absolute atomic E-state index is 0.0219. The van der Waals surface area contributed by atoms with Crippen LogP contribution in [0.2, 0.25) is 0 Å². The Hall–Kier alpha value is -3.93. The third kappa shape index (κ3) is 5.60. The van der Waals surface area contributed by atoms with Gasteiger partial charge in [0.15, 0.2) is 0 Å². The van der Waals surface area contributed by atoms with Crippen LogP contribution in [0.25, 0.3) is 23.2 Å². The van der Waals surface area contributed by atoms with Gasteiger partial charge in [-0.2, -0.15) is 28.1 Å². The zero-order valence-corrected chi connectivity index (χ0v) is 16.5. The highest BCUT2D eigenvalue weighted by Crippen LogP contribution is 2.20. The Bertz CT molecular complexity index is 1180. The molecular formula is C20H16F3N7O2. The quantitative estimate of drug-likeness (QED) is 0.458. The molecule has 0 bridgehead atoms. The summed E-state index contributed by atoms with van der Waals surface area (Å²) < 4.78 is 46.3. The van der Waals surface area contributed by atoms with Crippen LogP contribution in [0.1, 0.15) is 17.0 Å². The normalized spacial score (nSPS) is 11.6. The number of halogens is 3. The first kappa shape index (κ1) is 21.3. The molecule has 0 radical (unpaired) electrons. The maximum absolute atomic E-state index is 12.2.